The Labute approximate surface area is 319 Å². The number of aromatic amines is 1. The van der Waals surface area contributed by atoms with Crippen molar-refractivity contribution in [3.05, 3.63) is 88.2 Å². The highest BCUT2D eigenvalue weighted by Gasteiger charge is 2.31. The van der Waals surface area contributed by atoms with Crippen LogP contribution in [0.25, 0.3) is 27.5 Å². The molecule has 0 spiro atoms. The van der Waals surface area contributed by atoms with Crippen LogP contribution in [0.2, 0.25) is 0 Å². The Hall–Kier alpha value is -5.79. The number of benzene rings is 2. The van der Waals surface area contributed by atoms with Gasteiger partial charge in [0, 0.05) is 63.7 Å². The fourth-order valence-corrected chi connectivity index (χ4v) is 7.96. The van der Waals surface area contributed by atoms with Gasteiger partial charge >= 0.3 is 5.69 Å². The molecule has 14 nitrogen and oxygen atoms in total. The first-order valence-electron chi connectivity index (χ1n) is 19.4. The smallest absolute Gasteiger partial charge is 0.329 e. The summed E-state index contributed by atoms with van der Waals surface area (Å²) in [5, 5.41) is 11.1. The molecule has 1 atom stereocenters. The number of carbonyl (C=O) groups excluding carboxylic acids is 4. The summed E-state index contributed by atoms with van der Waals surface area (Å²) in [4.78, 5) is 70.7. The molecule has 0 saturated carbocycles. The van der Waals surface area contributed by atoms with Crippen LogP contribution >= 0.6 is 0 Å². The summed E-state index contributed by atoms with van der Waals surface area (Å²) >= 11 is 0. The molecule has 2 aliphatic rings. The van der Waals surface area contributed by atoms with Crippen molar-refractivity contribution in [3.8, 4) is 0 Å². The first-order chi connectivity index (χ1) is 26.7. The van der Waals surface area contributed by atoms with Crippen molar-refractivity contribution in [3.63, 3.8) is 0 Å². The normalized spacial score (nSPS) is 16.1. The molecule has 2 N–H and O–H groups in total. The quantitative estimate of drug-likeness (QED) is 0.116. The van der Waals surface area contributed by atoms with Crippen molar-refractivity contribution >= 4 is 51.1 Å². The lowest BCUT2D eigenvalue weighted by Crippen LogP contribution is -2.44. The van der Waals surface area contributed by atoms with E-state index in [1.807, 2.05) is 42.3 Å². The first kappa shape index (κ1) is 37.5. The third-order valence-electron chi connectivity index (χ3n) is 11.0. The van der Waals surface area contributed by atoms with E-state index in [0.717, 1.165) is 90.0 Å². The maximum absolute atomic E-state index is 13.3. The van der Waals surface area contributed by atoms with Gasteiger partial charge in [-0.3, -0.25) is 38.3 Å². The van der Waals surface area contributed by atoms with Crippen LogP contribution in [-0.2, 0) is 34.4 Å². The third-order valence-corrected chi connectivity index (χ3v) is 11.0. The van der Waals surface area contributed by atoms with E-state index in [0.29, 0.717) is 44.7 Å². The molecule has 2 aliphatic heterocycles. The topological polar surface area (TPSA) is 160 Å². The molecule has 5 heterocycles. The van der Waals surface area contributed by atoms with Crippen molar-refractivity contribution in [2.24, 2.45) is 7.05 Å². The molecular weight excluding hydrogens is 699 g/mol. The summed E-state index contributed by atoms with van der Waals surface area (Å²) in [7, 11) is 3.59. The predicted molar refractivity (Wildman–Crippen MR) is 209 cm³/mol. The summed E-state index contributed by atoms with van der Waals surface area (Å²) in [6.45, 7) is 2.43. The SMILES string of the molecule is CN(CCCCCCCCc1cccc2c1n(C)c(=O)n2C1CCC(=O)NC1=O)C(=O)c1cc2ccc(C3=CCCN(C(=O)CCn4ccnn4)C3)cc2[nH]1. The summed E-state index contributed by atoms with van der Waals surface area (Å²) in [5.41, 5.74) is 6.02. The number of nitrogens with zero attached hydrogens (tertiary/aromatic N) is 7. The van der Waals surface area contributed by atoms with Crippen molar-refractivity contribution in [1.29, 1.82) is 0 Å². The molecule has 0 bridgehead atoms. The van der Waals surface area contributed by atoms with Crippen LogP contribution < -0.4 is 11.0 Å². The number of imidazole rings is 1. The van der Waals surface area contributed by atoms with Crippen LogP contribution in [0.5, 0.6) is 0 Å². The van der Waals surface area contributed by atoms with Gasteiger partial charge < -0.3 is 14.8 Å². The molecule has 1 unspecified atom stereocenters. The van der Waals surface area contributed by atoms with Gasteiger partial charge in [0.25, 0.3) is 5.91 Å². The van der Waals surface area contributed by atoms with Crippen molar-refractivity contribution in [2.45, 2.75) is 83.2 Å². The average Bonchev–Trinajstić information content (AvgIpc) is 3.93. The minimum atomic E-state index is -0.686. The summed E-state index contributed by atoms with van der Waals surface area (Å²) in [5.74, 6) is -0.661. The van der Waals surface area contributed by atoms with Gasteiger partial charge in [-0.2, -0.15) is 0 Å². The van der Waals surface area contributed by atoms with Crippen LogP contribution in [0.3, 0.4) is 0 Å². The van der Waals surface area contributed by atoms with Crippen molar-refractivity contribution in [1.82, 2.24) is 44.2 Å². The number of fused-ring (bicyclic) bond motifs is 2. The van der Waals surface area contributed by atoms with E-state index in [4.69, 9.17) is 0 Å². The molecule has 55 heavy (non-hydrogen) atoms. The highest BCUT2D eigenvalue weighted by Crippen LogP contribution is 2.28. The van der Waals surface area contributed by atoms with Crippen molar-refractivity contribution in [2.75, 3.05) is 26.7 Å². The number of unbranched alkanes of at least 4 members (excludes halogenated alkanes) is 5. The molecule has 0 radical (unpaired) electrons. The second kappa shape index (κ2) is 16.7. The van der Waals surface area contributed by atoms with Gasteiger partial charge in [0.15, 0.2) is 0 Å². The number of hydrogen-bond acceptors (Lipinski definition) is 7. The molecule has 5 aromatic rings. The van der Waals surface area contributed by atoms with E-state index >= 15 is 0 Å². The minimum absolute atomic E-state index is 0.0335. The third kappa shape index (κ3) is 8.32. The number of rotatable bonds is 15. The number of piperidine rings is 1. The second-order valence-electron chi connectivity index (χ2n) is 14.8. The molecule has 3 aromatic heterocycles. The lowest BCUT2D eigenvalue weighted by molar-refractivity contribution is -0.136. The van der Waals surface area contributed by atoms with E-state index in [1.54, 1.807) is 33.6 Å². The standard InChI is InChI=1S/C41H49N9O5/c1-46(21-8-6-4-3-5-7-11-28-12-9-14-34-38(28)47(2)41(55)50(34)35-17-18-36(51)44-39(35)53)40(54)33-26-30-16-15-29(25-32(30)43-33)31-13-10-22-48(27-31)37(52)19-23-49-24-20-42-45-49/h9,12-16,20,24-26,35,43H,3-8,10-11,17-19,21-23,27H2,1-2H3,(H,44,51,53). The van der Waals surface area contributed by atoms with Crippen LogP contribution in [0.4, 0.5) is 0 Å². The summed E-state index contributed by atoms with van der Waals surface area (Å²) < 4.78 is 4.83. The van der Waals surface area contributed by atoms with Gasteiger partial charge in [-0.25, -0.2) is 4.79 Å². The Kier molecular flexibility index (Phi) is 11.4. The van der Waals surface area contributed by atoms with E-state index in [9.17, 15) is 24.0 Å². The minimum Gasteiger partial charge on any atom is -0.351 e. The van der Waals surface area contributed by atoms with E-state index in [2.05, 4.69) is 38.8 Å². The molecule has 2 aromatic carbocycles. The van der Waals surface area contributed by atoms with Crippen LogP contribution in [-0.4, -0.2) is 89.2 Å². The van der Waals surface area contributed by atoms with Gasteiger partial charge in [-0.05, 0) is 67.0 Å². The Morgan fingerprint density at radius 1 is 1.00 bits per heavy atom. The fraction of sp³-hybridized carbons (Fsp3) is 0.439. The van der Waals surface area contributed by atoms with Gasteiger partial charge in [0.05, 0.1) is 23.8 Å². The molecule has 288 valence electrons. The Morgan fingerprint density at radius 2 is 1.82 bits per heavy atom. The van der Waals surface area contributed by atoms with Gasteiger partial charge in [-0.1, -0.05) is 61.2 Å². The zero-order chi connectivity index (χ0) is 38.5. The molecule has 7 rings (SSSR count). The highest BCUT2D eigenvalue weighted by molar-refractivity contribution is 6.00. The van der Waals surface area contributed by atoms with Crippen LogP contribution in [0.15, 0.2) is 65.7 Å². The average molecular weight is 748 g/mol. The molecule has 4 amide bonds. The summed E-state index contributed by atoms with van der Waals surface area (Å²) in [6, 6.07) is 13.2. The number of carbonyl (C=O) groups is 4. The zero-order valence-corrected chi connectivity index (χ0v) is 31.6. The molecule has 0 aliphatic carbocycles. The number of amides is 4. The number of nitrogens with one attached hydrogen (secondary N) is 2. The predicted octanol–water partition coefficient (Wildman–Crippen LogP) is 4.75. The maximum atomic E-state index is 13.3. The largest absolute Gasteiger partial charge is 0.351 e. The van der Waals surface area contributed by atoms with Crippen LogP contribution in [0.1, 0.15) is 91.9 Å². The Bertz CT molecular complexity index is 2300. The van der Waals surface area contributed by atoms with Crippen LogP contribution in [0, 0.1) is 0 Å². The lowest BCUT2D eigenvalue weighted by Gasteiger charge is -2.28. The highest BCUT2D eigenvalue weighted by atomic mass is 16.2. The van der Waals surface area contributed by atoms with E-state index < -0.39 is 11.9 Å². The lowest BCUT2D eigenvalue weighted by atomic mass is 10.00. The summed E-state index contributed by atoms with van der Waals surface area (Å²) in [6.07, 6.45) is 14.2. The maximum Gasteiger partial charge on any atom is 0.329 e. The van der Waals surface area contributed by atoms with E-state index in [1.165, 1.54) is 4.57 Å². The first-order valence-corrected chi connectivity index (χ1v) is 19.4. The van der Waals surface area contributed by atoms with Crippen molar-refractivity contribution < 1.29 is 19.2 Å². The van der Waals surface area contributed by atoms with Gasteiger partial charge in [0.2, 0.25) is 17.7 Å². The van der Waals surface area contributed by atoms with E-state index in [-0.39, 0.29) is 29.8 Å². The monoisotopic (exact) mass is 747 g/mol. The Balaban J connectivity index is 0.845. The number of aryl methyl sites for hydroxylation is 3. The molecule has 1 saturated heterocycles. The van der Waals surface area contributed by atoms with Gasteiger partial charge in [-0.15, -0.1) is 5.10 Å². The second-order valence-corrected chi connectivity index (χ2v) is 14.8. The molecular formula is C41H49N9O5. The Morgan fingerprint density at radius 3 is 2.62 bits per heavy atom. The zero-order valence-electron chi connectivity index (χ0n) is 31.6. The van der Waals surface area contributed by atoms with Gasteiger partial charge in [0.1, 0.15) is 11.7 Å². The molecule has 1 fully saturated rings. The number of aromatic nitrogens is 6. The fourth-order valence-electron chi connectivity index (χ4n) is 7.96. The number of H-pyrrole nitrogens is 1. The molecule has 14 heteroatoms. The number of para-hydroxylation sites is 1. The number of hydrogen-bond donors (Lipinski definition) is 2. The number of imide groups is 1.